The monoisotopic (exact) mass is 1630 g/mol. The van der Waals surface area contributed by atoms with E-state index in [-0.39, 0.29) is 17.8 Å². The van der Waals surface area contributed by atoms with Crippen LogP contribution in [0.1, 0.15) is 73.8 Å². The first-order valence-corrected chi connectivity index (χ1v) is 36.9. The third-order valence-electron chi connectivity index (χ3n) is 15.3. The van der Waals surface area contributed by atoms with Gasteiger partial charge in [-0.15, -0.1) is 0 Å². The summed E-state index contributed by atoms with van der Waals surface area (Å²) in [5, 5.41) is 32.9. The van der Waals surface area contributed by atoms with Gasteiger partial charge in [-0.3, -0.25) is 14.4 Å². The average molecular weight is 1630 g/mol. The molecule has 0 fully saturated rings. The van der Waals surface area contributed by atoms with E-state index in [1.54, 1.807) is 22.7 Å². The zero-order valence-corrected chi connectivity index (χ0v) is 60.7. The summed E-state index contributed by atoms with van der Waals surface area (Å²) < 4.78 is 30.7. The summed E-state index contributed by atoms with van der Waals surface area (Å²) in [5.74, 6) is -0.0829. The number of benzene rings is 5. The predicted octanol–water partition coefficient (Wildman–Crippen LogP) is 12.1. The van der Waals surface area contributed by atoms with Crippen molar-refractivity contribution in [2.45, 2.75) is 61.2 Å². The van der Waals surface area contributed by atoms with Crippen molar-refractivity contribution in [3.63, 3.8) is 0 Å². The predicted molar refractivity (Wildman–Crippen MR) is 397 cm³/mol. The molecule has 2 N–H and O–H groups in total. The Bertz CT molecular complexity index is 4180. The number of carbonyl (C=O) groups is 3. The van der Waals surface area contributed by atoms with Gasteiger partial charge in [0, 0.05) is 92.4 Å². The van der Waals surface area contributed by atoms with E-state index in [2.05, 4.69) is 231 Å². The normalized spacial score (nSPS) is 11.5. The van der Waals surface area contributed by atoms with Crippen molar-refractivity contribution in [3.05, 3.63) is 142 Å². The summed E-state index contributed by atoms with van der Waals surface area (Å²) in [5.41, 5.74) is 13.9. The highest BCUT2D eigenvalue weighted by atomic mass is 127. The van der Waals surface area contributed by atoms with Gasteiger partial charge in [0.05, 0.1) is 43.4 Å². The molecule has 6 heterocycles. The van der Waals surface area contributed by atoms with Gasteiger partial charge < -0.3 is 30.1 Å². The number of alkyl halides is 3. The van der Waals surface area contributed by atoms with Crippen LogP contribution in [-0.4, -0.2) is 121 Å². The molecule has 484 valence electrons. The Balaban J connectivity index is 0.000000165. The Kier molecular flexibility index (Phi) is 26.3. The molecule has 0 unspecified atom stereocenters. The minimum absolute atomic E-state index is 0.0528. The van der Waals surface area contributed by atoms with Gasteiger partial charge in [-0.25, -0.2) is 18.5 Å². The quantitative estimate of drug-likeness (QED) is 0.0211. The highest BCUT2D eigenvalue weighted by molar-refractivity contribution is 14.1. The number of hydrogen-bond donors (Lipinski definition) is 2. The summed E-state index contributed by atoms with van der Waals surface area (Å²) >= 11 is 9.57. The van der Waals surface area contributed by atoms with Crippen LogP contribution in [0, 0.1) is 0 Å². The number of esters is 1. The van der Waals surface area contributed by atoms with E-state index in [1.807, 2.05) is 94.2 Å². The van der Waals surface area contributed by atoms with Gasteiger partial charge in [-0.1, -0.05) is 145 Å². The van der Waals surface area contributed by atoms with Gasteiger partial charge >= 0.3 is 5.97 Å². The molecular formula is C67H74I3N14O7S2+3. The average Bonchev–Trinajstić information content (AvgIpc) is 1.82. The fourth-order valence-electron chi connectivity index (χ4n) is 10.5. The van der Waals surface area contributed by atoms with Gasteiger partial charge in [0.2, 0.25) is 22.8 Å². The molecule has 11 rings (SSSR count). The van der Waals surface area contributed by atoms with Crippen LogP contribution in [0.15, 0.2) is 123 Å². The number of thiazole rings is 2. The van der Waals surface area contributed by atoms with E-state index in [0.29, 0.717) is 46.1 Å². The topological polar surface area (TPSA) is 223 Å². The maximum absolute atomic E-state index is 11.7. The van der Waals surface area contributed by atoms with Gasteiger partial charge in [-0.2, -0.15) is 9.13 Å². The fourth-order valence-corrected chi connectivity index (χ4v) is 13.5. The zero-order valence-electron chi connectivity index (χ0n) is 52.6. The summed E-state index contributed by atoms with van der Waals surface area (Å²) in [4.78, 5) is 41.2. The van der Waals surface area contributed by atoms with Gasteiger partial charge in [0.25, 0.3) is 10.0 Å². The molecule has 0 aliphatic rings. The number of carbonyl (C=O) groups excluding carboxylic acids is 3. The van der Waals surface area contributed by atoms with Crippen LogP contribution in [-0.2, 0) is 38.8 Å². The van der Waals surface area contributed by atoms with E-state index >= 15 is 0 Å². The van der Waals surface area contributed by atoms with Crippen molar-refractivity contribution in [2.24, 2.45) is 0 Å². The number of nitrogens with one attached hydrogen (secondary N) is 2. The van der Waals surface area contributed by atoms with Crippen molar-refractivity contribution in [1.29, 1.82) is 0 Å². The number of amides is 2. The largest absolute Gasteiger partial charge is 0.458 e. The highest BCUT2D eigenvalue weighted by Crippen LogP contribution is 2.32. The van der Waals surface area contributed by atoms with Crippen LogP contribution in [0.4, 0.5) is 17.1 Å². The van der Waals surface area contributed by atoms with Crippen LogP contribution >= 0.6 is 90.4 Å². The van der Waals surface area contributed by atoms with Crippen LogP contribution in [0.3, 0.4) is 0 Å². The summed E-state index contributed by atoms with van der Waals surface area (Å²) in [6, 6.07) is 33.0. The standard InChI is InChI=1S/C23H24IN5O2S.C23H24IN4O3S.C21H24IN5O2/c1-3-28(4-2)18-11-9-16(22-23(18)27-31-26-22)10-12-21-29(14-13-25-20(30)15-24)17-7-5-6-8-19(17)32-21;1-3-27(4-2)18-11-9-16(22-23(18)26-31-25-22)10-12-20-28(13-14-30-21(29)15-24)17-7-5-6-8-19(17)32-20;1-3-27(4-2)18-8-7-17(20-21(18)25-29-24-20)6-5-16-9-12-26(13-10-16)14-11-23-19(28)15-22/h2*5-12H,3-4,13-15H2,1-2H3;5-10,12-13H,3-4,11,14-15H2,1-2H3/q;+1;/p+2. The molecule has 11 aromatic rings. The molecule has 6 aromatic heterocycles. The van der Waals surface area contributed by atoms with E-state index in [9.17, 15) is 14.4 Å². The molecule has 0 radical (unpaired) electrons. The second-order valence-corrected chi connectivity index (χ2v) is 25.1. The van der Waals surface area contributed by atoms with Gasteiger partial charge in [-0.05, 0) is 121 Å². The minimum Gasteiger partial charge on any atom is -0.458 e. The highest BCUT2D eigenvalue weighted by Gasteiger charge is 2.23. The molecule has 93 heavy (non-hydrogen) atoms. The SMILES string of the molecule is CCN(CC)c1ccc(/C=C/c2cc[n+](CCNC(=O)CI)cc2)c2nonc12.CCN(CC)c1ccc(/C=C/c2sc3ccccc3[n+]2CCNC(=O)CI)c2nonc12.CCN(CC)c1ccc(/C=C/c2sc3ccccc3[n+]2CCOC(=O)CI)c2nonc12. The van der Waals surface area contributed by atoms with E-state index in [4.69, 9.17) is 18.6 Å². The summed E-state index contributed by atoms with van der Waals surface area (Å²) in [7, 11) is 0. The summed E-state index contributed by atoms with van der Waals surface area (Å²) in [6.45, 7) is 21.7. The number of hydrogen-bond acceptors (Lipinski definition) is 18. The molecule has 0 aliphatic heterocycles. The molecule has 0 bridgehead atoms. The number of rotatable bonds is 27. The number of para-hydroxylation sites is 2. The number of anilines is 3. The Hall–Kier alpha value is -7.55. The molecule has 2 amide bonds. The van der Waals surface area contributed by atoms with Crippen molar-refractivity contribution in [3.8, 4) is 0 Å². The molecular weight excluding hydrogens is 1560 g/mol. The second kappa shape index (κ2) is 35.1. The lowest BCUT2D eigenvalue weighted by atomic mass is 10.1. The molecule has 0 atom stereocenters. The molecule has 0 aliphatic carbocycles. The van der Waals surface area contributed by atoms with Crippen LogP contribution in [0.25, 0.3) is 90.0 Å². The summed E-state index contributed by atoms with van der Waals surface area (Å²) in [6.07, 6.45) is 16.4. The molecule has 21 nitrogen and oxygen atoms in total. The smallest absolute Gasteiger partial charge is 0.315 e. The van der Waals surface area contributed by atoms with Crippen LogP contribution in [0.2, 0.25) is 0 Å². The van der Waals surface area contributed by atoms with E-state index in [1.165, 1.54) is 9.40 Å². The number of aromatic nitrogens is 9. The van der Waals surface area contributed by atoms with Crippen LogP contribution < -0.4 is 39.0 Å². The number of ether oxygens (including phenoxy) is 1. The van der Waals surface area contributed by atoms with E-state index < -0.39 is 0 Å². The lowest BCUT2D eigenvalue weighted by Gasteiger charge is -2.20. The first kappa shape index (κ1) is 69.8. The fraction of sp³-hybridized carbons (Fsp3) is 0.313. The lowest BCUT2D eigenvalue weighted by molar-refractivity contribution is -0.694. The third kappa shape index (κ3) is 17.6. The number of pyridine rings is 1. The van der Waals surface area contributed by atoms with E-state index in [0.717, 1.165) is 139 Å². The van der Waals surface area contributed by atoms with Crippen molar-refractivity contribution in [1.82, 2.24) is 41.6 Å². The molecule has 0 saturated heterocycles. The van der Waals surface area contributed by atoms with Crippen LogP contribution in [0.5, 0.6) is 0 Å². The molecule has 0 saturated carbocycles. The third-order valence-corrected chi connectivity index (χ3v) is 19.6. The van der Waals surface area contributed by atoms with Gasteiger partial charge in [0.15, 0.2) is 55.2 Å². The number of halogens is 3. The Morgan fingerprint density at radius 2 is 0.860 bits per heavy atom. The van der Waals surface area contributed by atoms with Crippen molar-refractivity contribution < 1.29 is 46.7 Å². The number of fused-ring (bicyclic) bond motifs is 5. The second-order valence-electron chi connectivity index (χ2n) is 20.7. The molecule has 26 heteroatoms. The number of nitrogens with zero attached hydrogens (tertiary/aromatic N) is 12. The first-order chi connectivity index (χ1) is 45.5. The Morgan fingerprint density at radius 1 is 0.473 bits per heavy atom. The first-order valence-electron chi connectivity index (χ1n) is 30.7. The zero-order chi connectivity index (χ0) is 65.6. The molecule has 5 aromatic carbocycles. The maximum atomic E-state index is 11.7. The van der Waals surface area contributed by atoms with Crippen molar-refractivity contribution >= 4 is 215 Å². The van der Waals surface area contributed by atoms with Gasteiger partial charge in [0.1, 0.15) is 25.9 Å². The molecule has 0 spiro atoms. The Morgan fingerprint density at radius 3 is 1.27 bits per heavy atom. The Labute approximate surface area is 588 Å². The van der Waals surface area contributed by atoms with Crippen molar-refractivity contribution in [2.75, 3.05) is 86.9 Å². The maximum Gasteiger partial charge on any atom is 0.315 e. The lowest BCUT2D eigenvalue weighted by Crippen LogP contribution is -2.41. The minimum atomic E-state index is -0.197.